The fourth-order valence-corrected chi connectivity index (χ4v) is 2.30. The summed E-state index contributed by atoms with van der Waals surface area (Å²) in [7, 11) is 0. The summed E-state index contributed by atoms with van der Waals surface area (Å²) < 4.78 is 0.936. The Kier molecular flexibility index (Phi) is 4.61. The van der Waals surface area contributed by atoms with Gasteiger partial charge in [0.2, 0.25) is 5.91 Å². The molecule has 0 radical (unpaired) electrons. The highest BCUT2D eigenvalue weighted by Gasteiger charge is 2.08. The van der Waals surface area contributed by atoms with Crippen LogP contribution >= 0.6 is 27.5 Å². The van der Waals surface area contributed by atoms with Crippen LogP contribution in [0.5, 0.6) is 0 Å². The number of halogens is 2. The Morgan fingerprint density at radius 2 is 2.00 bits per heavy atom. The Morgan fingerprint density at radius 1 is 1.26 bits per heavy atom. The number of anilines is 1. The van der Waals surface area contributed by atoms with E-state index in [0.29, 0.717) is 5.02 Å². The predicted octanol–water partition coefficient (Wildman–Crippen LogP) is 4.59. The molecule has 0 saturated heterocycles. The normalized spacial score (nSPS) is 10.3. The molecule has 0 saturated carbocycles. The Labute approximate surface area is 125 Å². The molecule has 2 nitrogen and oxygen atoms in total. The lowest BCUT2D eigenvalue weighted by atomic mass is 10.1. The molecule has 0 aliphatic rings. The van der Waals surface area contributed by atoms with Gasteiger partial charge in [-0.1, -0.05) is 51.8 Å². The molecule has 0 bridgehead atoms. The molecule has 19 heavy (non-hydrogen) atoms. The van der Waals surface area contributed by atoms with Crippen molar-refractivity contribution in [1.82, 2.24) is 0 Å². The van der Waals surface area contributed by atoms with Crippen molar-refractivity contribution in [1.29, 1.82) is 0 Å². The van der Waals surface area contributed by atoms with Crippen LogP contribution in [0.1, 0.15) is 11.1 Å². The summed E-state index contributed by atoms with van der Waals surface area (Å²) in [6, 6.07) is 13.2. The van der Waals surface area contributed by atoms with Gasteiger partial charge in [0.15, 0.2) is 0 Å². The van der Waals surface area contributed by atoms with Gasteiger partial charge < -0.3 is 5.32 Å². The van der Waals surface area contributed by atoms with E-state index in [-0.39, 0.29) is 12.3 Å². The zero-order valence-corrected chi connectivity index (χ0v) is 12.8. The number of rotatable bonds is 3. The lowest BCUT2D eigenvalue weighted by molar-refractivity contribution is -0.115. The van der Waals surface area contributed by atoms with E-state index in [2.05, 4.69) is 21.2 Å². The third-order valence-electron chi connectivity index (χ3n) is 2.78. The molecule has 0 aliphatic carbocycles. The third-order valence-corrected chi connectivity index (χ3v) is 3.64. The van der Waals surface area contributed by atoms with Gasteiger partial charge in [0.05, 0.1) is 6.42 Å². The zero-order valence-electron chi connectivity index (χ0n) is 10.4. The van der Waals surface area contributed by atoms with Gasteiger partial charge in [-0.3, -0.25) is 4.79 Å². The highest BCUT2D eigenvalue weighted by Crippen LogP contribution is 2.21. The maximum absolute atomic E-state index is 12.0. The largest absolute Gasteiger partial charge is 0.326 e. The van der Waals surface area contributed by atoms with E-state index in [1.54, 1.807) is 6.07 Å². The molecular formula is C15H13BrClNO. The van der Waals surface area contributed by atoms with E-state index in [1.165, 1.54) is 0 Å². The minimum Gasteiger partial charge on any atom is -0.326 e. The Morgan fingerprint density at radius 3 is 2.74 bits per heavy atom. The zero-order chi connectivity index (χ0) is 13.8. The molecule has 2 aromatic carbocycles. The SMILES string of the molecule is Cc1ccc(Br)cc1NC(=O)Cc1ccccc1Cl. The van der Waals surface area contributed by atoms with E-state index < -0.39 is 0 Å². The summed E-state index contributed by atoms with van der Waals surface area (Å²) in [5.41, 5.74) is 2.66. The first-order valence-corrected chi connectivity index (χ1v) is 7.03. The van der Waals surface area contributed by atoms with Crippen LogP contribution in [0.2, 0.25) is 5.02 Å². The minimum atomic E-state index is -0.0747. The smallest absolute Gasteiger partial charge is 0.228 e. The summed E-state index contributed by atoms with van der Waals surface area (Å²) in [5.74, 6) is -0.0747. The maximum Gasteiger partial charge on any atom is 0.228 e. The fourth-order valence-electron chi connectivity index (χ4n) is 1.74. The van der Waals surface area contributed by atoms with Crippen molar-refractivity contribution in [3.63, 3.8) is 0 Å². The molecule has 0 fully saturated rings. The Balaban J connectivity index is 2.10. The van der Waals surface area contributed by atoms with Gasteiger partial charge >= 0.3 is 0 Å². The summed E-state index contributed by atoms with van der Waals surface area (Å²) >= 11 is 9.43. The first kappa shape index (κ1) is 14.1. The number of nitrogens with one attached hydrogen (secondary N) is 1. The number of hydrogen-bond acceptors (Lipinski definition) is 1. The number of carbonyl (C=O) groups excluding carboxylic acids is 1. The van der Waals surface area contributed by atoms with Crippen molar-refractivity contribution >= 4 is 39.1 Å². The quantitative estimate of drug-likeness (QED) is 0.871. The van der Waals surface area contributed by atoms with E-state index >= 15 is 0 Å². The molecule has 0 aromatic heterocycles. The topological polar surface area (TPSA) is 29.1 Å². The van der Waals surface area contributed by atoms with Crippen LogP contribution in [-0.2, 0) is 11.2 Å². The fraction of sp³-hybridized carbons (Fsp3) is 0.133. The number of carbonyl (C=O) groups is 1. The van der Waals surface area contributed by atoms with Crippen LogP contribution in [0, 0.1) is 6.92 Å². The lowest BCUT2D eigenvalue weighted by Crippen LogP contribution is -2.15. The molecule has 98 valence electrons. The molecule has 0 spiro atoms. The van der Waals surface area contributed by atoms with E-state index in [4.69, 9.17) is 11.6 Å². The molecule has 4 heteroatoms. The van der Waals surface area contributed by atoms with Gasteiger partial charge in [0.25, 0.3) is 0 Å². The molecule has 2 rings (SSSR count). The summed E-state index contributed by atoms with van der Waals surface area (Å²) in [6.45, 7) is 1.96. The van der Waals surface area contributed by atoms with Gasteiger partial charge in [0, 0.05) is 15.2 Å². The average Bonchev–Trinajstić information content (AvgIpc) is 2.37. The molecule has 1 N–H and O–H groups in total. The van der Waals surface area contributed by atoms with Crippen molar-refractivity contribution in [3.8, 4) is 0 Å². The van der Waals surface area contributed by atoms with E-state index in [9.17, 15) is 4.79 Å². The monoisotopic (exact) mass is 337 g/mol. The van der Waals surface area contributed by atoms with Crippen molar-refractivity contribution in [2.45, 2.75) is 13.3 Å². The average molecular weight is 339 g/mol. The number of amides is 1. The van der Waals surface area contributed by atoms with Crippen LogP contribution in [-0.4, -0.2) is 5.91 Å². The minimum absolute atomic E-state index is 0.0747. The summed E-state index contributed by atoms with van der Waals surface area (Å²) in [5, 5.41) is 3.51. The van der Waals surface area contributed by atoms with Gasteiger partial charge in [0.1, 0.15) is 0 Å². The van der Waals surface area contributed by atoms with Crippen molar-refractivity contribution in [2.75, 3.05) is 5.32 Å². The van der Waals surface area contributed by atoms with E-state index in [1.807, 2.05) is 43.3 Å². The van der Waals surface area contributed by atoms with Crippen LogP contribution < -0.4 is 5.32 Å². The Hall–Kier alpha value is -1.32. The van der Waals surface area contributed by atoms with Gasteiger partial charge in [-0.15, -0.1) is 0 Å². The predicted molar refractivity (Wildman–Crippen MR) is 82.7 cm³/mol. The van der Waals surface area contributed by atoms with Gasteiger partial charge in [-0.05, 0) is 36.2 Å². The van der Waals surface area contributed by atoms with Crippen molar-refractivity contribution in [2.24, 2.45) is 0 Å². The molecule has 0 unspecified atom stereocenters. The van der Waals surface area contributed by atoms with Crippen LogP contribution in [0.15, 0.2) is 46.9 Å². The van der Waals surface area contributed by atoms with Crippen LogP contribution in [0.3, 0.4) is 0 Å². The second-order valence-electron chi connectivity index (χ2n) is 4.28. The Bertz CT molecular complexity index is 613. The van der Waals surface area contributed by atoms with Crippen molar-refractivity contribution < 1.29 is 4.79 Å². The maximum atomic E-state index is 12.0. The van der Waals surface area contributed by atoms with Gasteiger partial charge in [-0.25, -0.2) is 0 Å². The van der Waals surface area contributed by atoms with Crippen molar-refractivity contribution in [3.05, 3.63) is 63.1 Å². The number of hydrogen-bond donors (Lipinski definition) is 1. The number of aryl methyl sites for hydroxylation is 1. The summed E-state index contributed by atoms with van der Waals surface area (Å²) in [4.78, 5) is 12.0. The van der Waals surface area contributed by atoms with Crippen LogP contribution in [0.4, 0.5) is 5.69 Å². The molecular weight excluding hydrogens is 326 g/mol. The molecule has 0 aliphatic heterocycles. The molecule has 0 atom stereocenters. The summed E-state index contributed by atoms with van der Waals surface area (Å²) in [6.07, 6.45) is 0.269. The first-order valence-electron chi connectivity index (χ1n) is 5.85. The lowest BCUT2D eigenvalue weighted by Gasteiger charge is -2.09. The molecule has 1 amide bonds. The van der Waals surface area contributed by atoms with Crippen LogP contribution in [0.25, 0.3) is 0 Å². The first-order chi connectivity index (χ1) is 9.06. The third kappa shape index (κ3) is 3.82. The second kappa shape index (κ2) is 6.22. The highest BCUT2D eigenvalue weighted by atomic mass is 79.9. The molecule has 0 heterocycles. The second-order valence-corrected chi connectivity index (χ2v) is 5.60. The van der Waals surface area contributed by atoms with E-state index in [0.717, 1.165) is 21.3 Å². The molecule has 2 aromatic rings. The van der Waals surface area contributed by atoms with Gasteiger partial charge in [-0.2, -0.15) is 0 Å². The number of benzene rings is 2. The highest BCUT2D eigenvalue weighted by molar-refractivity contribution is 9.10. The standard InChI is InChI=1S/C15H13BrClNO/c1-10-6-7-12(16)9-14(10)18-15(19)8-11-4-2-3-5-13(11)17/h2-7,9H,8H2,1H3,(H,18,19).